The first-order chi connectivity index (χ1) is 4.39. The Labute approximate surface area is 97.8 Å². The quantitative estimate of drug-likeness (QED) is 0.580. The fourth-order valence-electron chi connectivity index (χ4n) is 0.879. The normalized spacial score (nSPS) is 16.6. The van der Waals surface area contributed by atoms with Crippen LogP contribution in [0.3, 0.4) is 0 Å². The molecule has 11 heavy (non-hydrogen) atoms. The number of nitrogens with zero attached hydrogens (tertiary/aromatic N) is 1. The van der Waals surface area contributed by atoms with Gasteiger partial charge in [-0.25, -0.2) is 0 Å². The largest absolute Gasteiger partial charge is 0.358 e. The van der Waals surface area contributed by atoms with Gasteiger partial charge in [0.1, 0.15) is 0 Å². The van der Waals surface area contributed by atoms with Gasteiger partial charge in [-0.3, -0.25) is 0 Å². The first-order valence-electron chi connectivity index (χ1n) is 3.90. The van der Waals surface area contributed by atoms with Crippen LogP contribution in [0.2, 0.25) is 0 Å². The minimum Gasteiger partial charge on any atom is -0.358 e. The average Bonchev–Trinajstić information content (AvgIpc) is 1.94. The SMILES string of the molecule is CC.CN1CC[CH-]CC1.[CH3-].[Y]. The number of rotatable bonds is 0. The van der Waals surface area contributed by atoms with Crippen molar-refractivity contribution in [2.75, 3.05) is 20.1 Å². The summed E-state index contributed by atoms with van der Waals surface area (Å²) in [7, 11) is 2.17. The molecule has 0 unspecified atom stereocenters. The van der Waals surface area contributed by atoms with Crippen LogP contribution in [0.1, 0.15) is 26.7 Å². The van der Waals surface area contributed by atoms with Crippen LogP contribution in [0, 0.1) is 13.8 Å². The standard InChI is InChI=1S/C6H12N.C2H6.CH3.Y/c1-7-5-3-2-4-6-7;1-2;;/h2H,3-6H2,1H3;1-2H3;1H3;/q-1;;-1;. The fourth-order valence-corrected chi connectivity index (χ4v) is 0.879. The summed E-state index contributed by atoms with van der Waals surface area (Å²) in [6, 6.07) is 0. The number of likely N-dealkylation sites (tertiary alicyclic amines) is 1. The van der Waals surface area contributed by atoms with Crippen LogP contribution >= 0.6 is 0 Å². The third-order valence-corrected chi connectivity index (χ3v) is 1.43. The van der Waals surface area contributed by atoms with Gasteiger partial charge in [-0.15, -0.1) is 0 Å². The molecule has 0 aliphatic carbocycles. The second-order valence-corrected chi connectivity index (χ2v) is 2.17. The molecule has 0 bridgehead atoms. The summed E-state index contributed by atoms with van der Waals surface area (Å²) in [5.74, 6) is 0. The molecule has 1 radical (unpaired) electrons. The van der Waals surface area contributed by atoms with Gasteiger partial charge in [-0.2, -0.15) is 12.8 Å². The number of hydrogen-bond donors (Lipinski definition) is 0. The summed E-state index contributed by atoms with van der Waals surface area (Å²) < 4.78 is 0. The molecule has 1 aliphatic rings. The van der Waals surface area contributed by atoms with E-state index < -0.39 is 0 Å². The minimum absolute atomic E-state index is 0. The molecule has 0 aromatic heterocycles. The van der Waals surface area contributed by atoms with E-state index in [1.165, 1.54) is 25.9 Å². The molecular weight excluding hydrogens is 211 g/mol. The molecule has 1 fully saturated rings. The van der Waals surface area contributed by atoms with Crippen LogP contribution < -0.4 is 0 Å². The molecule has 0 aromatic rings. The van der Waals surface area contributed by atoms with E-state index in [0.29, 0.717) is 0 Å². The van der Waals surface area contributed by atoms with Gasteiger partial charge in [0.25, 0.3) is 0 Å². The van der Waals surface area contributed by atoms with Crippen LogP contribution in [-0.4, -0.2) is 25.0 Å². The molecule has 1 aliphatic heterocycles. The third-order valence-electron chi connectivity index (χ3n) is 1.43. The van der Waals surface area contributed by atoms with Crippen molar-refractivity contribution in [3.05, 3.63) is 13.8 Å². The van der Waals surface area contributed by atoms with Crippen molar-refractivity contribution >= 4 is 0 Å². The molecule has 0 amide bonds. The van der Waals surface area contributed by atoms with Crippen LogP contribution in [0.15, 0.2) is 0 Å². The summed E-state index contributed by atoms with van der Waals surface area (Å²) in [5.41, 5.74) is 0. The molecule has 2 heteroatoms. The second kappa shape index (κ2) is 13.6. The monoisotopic (exact) mass is 232 g/mol. The van der Waals surface area contributed by atoms with Crippen molar-refractivity contribution in [3.63, 3.8) is 0 Å². The summed E-state index contributed by atoms with van der Waals surface area (Å²) >= 11 is 0. The van der Waals surface area contributed by atoms with Crippen molar-refractivity contribution in [2.24, 2.45) is 0 Å². The van der Waals surface area contributed by atoms with Gasteiger partial charge in [-0.1, -0.05) is 13.8 Å². The van der Waals surface area contributed by atoms with E-state index in [-0.39, 0.29) is 40.1 Å². The fraction of sp³-hybridized carbons (Fsp3) is 0.778. The summed E-state index contributed by atoms with van der Waals surface area (Å²) in [5, 5.41) is 0. The van der Waals surface area contributed by atoms with E-state index >= 15 is 0 Å². The Bertz CT molecular complexity index is 51.5. The molecule has 67 valence electrons. The molecule has 1 rings (SSSR count). The molecule has 0 saturated carbocycles. The first-order valence-corrected chi connectivity index (χ1v) is 3.90. The maximum atomic E-state index is 2.36. The Morgan fingerprint density at radius 2 is 1.45 bits per heavy atom. The number of piperidine rings is 1. The van der Waals surface area contributed by atoms with Crippen LogP contribution in [0.5, 0.6) is 0 Å². The van der Waals surface area contributed by atoms with Crippen LogP contribution in [0.25, 0.3) is 0 Å². The zero-order valence-corrected chi connectivity index (χ0v) is 11.3. The molecule has 0 N–H and O–H groups in total. The Morgan fingerprint density at radius 1 is 1.09 bits per heavy atom. The van der Waals surface area contributed by atoms with E-state index in [1.54, 1.807) is 0 Å². The van der Waals surface area contributed by atoms with Crippen molar-refractivity contribution < 1.29 is 32.7 Å². The van der Waals surface area contributed by atoms with Gasteiger partial charge in [0.05, 0.1) is 0 Å². The van der Waals surface area contributed by atoms with Crippen LogP contribution in [0.4, 0.5) is 0 Å². The third kappa shape index (κ3) is 11.1. The molecule has 1 heterocycles. The Hall–Kier alpha value is 1.06. The predicted molar refractivity (Wildman–Crippen MR) is 48.8 cm³/mol. The van der Waals surface area contributed by atoms with E-state index in [2.05, 4.69) is 18.4 Å². The Balaban J connectivity index is -0.000000149. The maximum Gasteiger partial charge on any atom is 0 e. The molecule has 1 nitrogen and oxygen atoms in total. The molecule has 0 atom stereocenters. The van der Waals surface area contributed by atoms with E-state index in [4.69, 9.17) is 0 Å². The van der Waals surface area contributed by atoms with Gasteiger partial charge in [-0.05, 0) is 20.1 Å². The molecule has 0 aromatic carbocycles. The van der Waals surface area contributed by atoms with Gasteiger partial charge in [0.15, 0.2) is 0 Å². The Kier molecular flexibility index (Phi) is 22.3. The van der Waals surface area contributed by atoms with Crippen LogP contribution in [-0.2, 0) is 32.7 Å². The zero-order chi connectivity index (χ0) is 7.11. The van der Waals surface area contributed by atoms with Crippen molar-refractivity contribution in [2.45, 2.75) is 26.7 Å². The second-order valence-electron chi connectivity index (χ2n) is 2.17. The van der Waals surface area contributed by atoms with E-state index in [1.807, 2.05) is 13.8 Å². The average molecular weight is 232 g/mol. The summed E-state index contributed by atoms with van der Waals surface area (Å²) in [6.45, 7) is 6.53. The Morgan fingerprint density at radius 3 is 1.64 bits per heavy atom. The molecule has 1 saturated heterocycles. The van der Waals surface area contributed by atoms with E-state index in [9.17, 15) is 0 Å². The summed E-state index contributed by atoms with van der Waals surface area (Å²) in [6.07, 6.45) is 4.94. The minimum atomic E-state index is 0. The van der Waals surface area contributed by atoms with Gasteiger partial charge >= 0.3 is 0 Å². The predicted octanol–water partition coefficient (Wildman–Crippen LogP) is 2.39. The van der Waals surface area contributed by atoms with Crippen molar-refractivity contribution in [3.8, 4) is 0 Å². The molecule has 0 spiro atoms. The smallest absolute Gasteiger partial charge is 0 e. The van der Waals surface area contributed by atoms with Gasteiger partial charge in [0.2, 0.25) is 0 Å². The van der Waals surface area contributed by atoms with Gasteiger partial charge in [0, 0.05) is 32.7 Å². The summed E-state index contributed by atoms with van der Waals surface area (Å²) in [4.78, 5) is 2.36. The maximum absolute atomic E-state index is 2.36. The topological polar surface area (TPSA) is 3.24 Å². The zero-order valence-electron chi connectivity index (χ0n) is 8.43. The molecular formula is C9H21NY-2. The first kappa shape index (κ1) is 18.0. The van der Waals surface area contributed by atoms with Gasteiger partial charge < -0.3 is 18.7 Å². The van der Waals surface area contributed by atoms with E-state index in [0.717, 1.165) is 0 Å². The number of hydrogen-bond acceptors (Lipinski definition) is 1. The van der Waals surface area contributed by atoms with Crippen molar-refractivity contribution in [1.82, 2.24) is 4.90 Å². The van der Waals surface area contributed by atoms with Crippen molar-refractivity contribution in [1.29, 1.82) is 0 Å².